The standard InChI is InChI=1S/C15H15BrN2O2/c1-9(10-5-6-10)18-8-13(15(19)20)14(17-18)11-3-2-4-12(16)7-11/h2-4,7-10H,5-6H2,1H3,(H,19,20). The van der Waals surface area contributed by atoms with Crippen molar-refractivity contribution in [1.29, 1.82) is 0 Å². The first kappa shape index (κ1) is 13.4. The maximum atomic E-state index is 11.4. The first-order chi connectivity index (χ1) is 9.56. The Labute approximate surface area is 125 Å². The summed E-state index contributed by atoms with van der Waals surface area (Å²) in [7, 11) is 0. The highest BCUT2D eigenvalue weighted by Gasteiger charge is 2.31. The Balaban J connectivity index is 2.06. The zero-order valence-corrected chi connectivity index (χ0v) is 12.7. The van der Waals surface area contributed by atoms with E-state index >= 15 is 0 Å². The van der Waals surface area contributed by atoms with E-state index in [1.807, 2.05) is 24.3 Å². The minimum Gasteiger partial charge on any atom is -0.478 e. The fourth-order valence-electron chi connectivity index (χ4n) is 2.40. The molecule has 2 aromatic rings. The minimum absolute atomic E-state index is 0.258. The van der Waals surface area contributed by atoms with Crippen molar-refractivity contribution in [2.24, 2.45) is 5.92 Å². The van der Waals surface area contributed by atoms with Gasteiger partial charge in [0, 0.05) is 16.2 Å². The topological polar surface area (TPSA) is 55.1 Å². The molecule has 1 N–H and O–H groups in total. The average molecular weight is 335 g/mol. The number of carboxylic acid groups (broad SMARTS) is 1. The molecule has 0 saturated heterocycles. The summed E-state index contributed by atoms with van der Waals surface area (Å²) in [5, 5.41) is 13.9. The van der Waals surface area contributed by atoms with Gasteiger partial charge in [-0.05, 0) is 37.8 Å². The number of nitrogens with zero attached hydrogens (tertiary/aromatic N) is 2. The smallest absolute Gasteiger partial charge is 0.339 e. The third-order valence-electron chi connectivity index (χ3n) is 3.78. The average Bonchev–Trinajstić information content (AvgIpc) is 3.15. The number of carbonyl (C=O) groups is 1. The molecular weight excluding hydrogens is 320 g/mol. The van der Waals surface area contributed by atoms with Crippen LogP contribution >= 0.6 is 15.9 Å². The molecule has 20 heavy (non-hydrogen) atoms. The van der Waals surface area contributed by atoms with Crippen LogP contribution in [0.25, 0.3) is 11.3 Å². The largest absolute Gasteiger partial charge is 0.478 e. The van der Waals surface area contributed by atoms with E-state index in [4.69, 9.17) is 0 Å². The van der Waals surface area contributed by atoms with E-state index in [0.29, 0.717) is 11.6 Å². The van der Waals surface area contributed by atoms with Gasteiger partial charge in [-0.2, -0.15) is 5.10 Å². The number of hydrogen-bond acceptors (Lipinski definition) is 2. The van der Waals surface area contributed by atoms with E-state index in [9.17, 15) is 9.90 Å². The number of benzene rings is 1. The van der Waals surface area contributed by atoms with E-state index in [2.05, 4.69) is 28.0 Å². The number of halogens is 1. The van der Waals surface area contributed by atoms with Gasteiger partial charge in [-0.1, -0.05) is 28.1 Å². The van der Waals surface area contributed by atoms with Gasteiger partial charge in [0.2, 0.25) is 0 Å². The highest BCUT2D eigenvalue weighted by molar-refractivity contribution is 9.10. The summed E-state index contributed by atoms with van der Waals surface area (Å²) in [4.78, 5) is 11.4. The van der Waals surface area contributed by atoms with Crippen molar-refractivity contribution in [2.75, 3.05) is 0 Å². The molecule has 0 aliphatic heterocycles. The molecule has 1 heterocycles. The number of aromatic carboxylic acids is 1. The van der Waals surface area contributed by atoms with E-state index in [1.54, 1.807) is 10.9 Å². The predicted molar refractivity (Wildman–Crippen MR) is 79.8 cm³/mol. The van der Waals surface area contributed by atoms with Gasteiger partial charge in [0.05, 0.1) is 6.04 Å². The lowest BCUT2D eigenvalue weighted by Crippen LogP contribution is -2.07. The lowest BCUT2D eigenvalue weighted by atomic mass is 10.1. The highest BCUT2D eigenvalue weighted by Crippen LogP contribution is 2.39. The SMILES string of the molecule is CC(C1CC1)n1cc(C(=O)O)c(-c2cccc(Br)c2)n1. The number of aromatic nitrogens is 2. The van der Waals surface area contributed by atoms with Crippen molar-refractivity contribution in [1.82, 2.24) is 9.78 Å². The van der Waals surface area contributed by atoms with Crippen LogP contribution in [0.4, 0.5) is 0 Å². The van der Waals surface area contributed by atoms with Gasteiger partial charge >= 0.3 is 5.97 Å². The second-order valence-electron chi connectivity index (χ2n) is 5.26. The van der Waals surface area contributed by atoms with Gasteiger partial charge in [0.1, 0.15) is 11.3 Å². The minimum atomic E-state index is -0.936. The molecule has 1 aliphatic carbocycles. The predicted octanol–water partition coefficient (Wildman–Crippen LogP) is 3.98. The van der Waals surface area contributed by atoms with E-state index in [1.165, 1.54) is 12.8 Å². The van der Waals surface area contributed by atoms with Crippen LogP contribution in [0.3, 0.4) is 0 Å². The Hall–Kier alpha value is -1.62. The molecule has 1 aliphatic rings. The Bertz CT molecular complexity index is 662. The maximum absolute atomic E-state index is 11.4. The summed E-state index contributed by atoms with van der Waals surface area (Å²) in [5.74, 6) is -0.305. The summed E-state index contributed by atoms with van der Waals surface area (Å²) in [6, 6.07) is 7.82. The lowest BCUT2D eigenvalue weighted by molar-refractivity contribution is 0.0697. The quantitative estimate of drug-likeness (QED) is 0.919. The molecule has 3 rings (SSSR count). The normalized spacial score (nSPS) is 16.1. The van der Waals surface area contributed by atoms with Crippen molar-refractivity contribution in [3.8, 4) is 11.3 Å². The third-order valence-corrected chi connectivity index (χ3v) is 4.28. The van der Waals surface area contributed by atoms with Crippen molar-refractivity contribution in [2.45, 2.75) is 25.8 Å². The van der Waals surface area contributed by atoms with Crippen molar-refractivity contribution >= 4 is 21.9 Å². The monoisotopic (exact) mass is 334 g/mol. The van der Waals surface area contributed by atoms with Gasteiger partial charge in [0.15, 0.2) is 0 Å². The van der Waals surface area contributed by atoms with E-state index < -0.39 is 5.97 Å². The van der Waals surface area contributed by atoms with Crippen LogP contribution in [0, 0.1) is 5.92 Å². The van der Waals surface area contributed by atoms with Gasteiger partial charge < -0.3 is 5.11 Å². The molecule has 1 atom stereocenters. The first-order valence-electron chi connectivity index (χ1n) is 6.64. The summed E-state index contributed by atoms with van der Waals surface area (Å²) in [6.45, 7) is 2.10. The van der Waals surface area contributed by atoms with Gasteiger partial charge in [-0.25, -0.2) is 4.79 Å². The van der Waals surface area contributed by atoms with Gasteiger partial charge in [-0.15, -0.1) is 0 Å². The zero-order valence-electron chi connectivity index (χ0n) is 11.1. The molecular formula is C15H15BrN2O2. The lowest BCUT2D eigenvalue weighted by Gasteiger charge is -2.09. The number of rotatable bonds is 4. The van der Waals surface area contributed by atoms with E-state index in [0.717, 1.165) is 10.0 Å². The second-order valence-corrected chi connectivity index (χ2v) is 6.18. The van der Waals surface area contributed by atoms with Crippen LogP contribution in [0.5, 0.6) is 0 Å². The number of hydrogen-bond donors (Lipinski definition) is 1. The second kappa shape index (κ2) is 5.05. The summed E-state index contributed by atoms with van der Waals surface area (Å²) in [5.41, 5.74) is 1.61. The molecule has 4 nitrogen and oxygen atoms in total. The Kier molecular flexibility index (Phi) is 3.38. The van der Waals surface area contributed by atoms with Crippen LogP contribution in [0.1, 0.15) is 36.2 Å². The molecule has 0 spiro atoms. The molecule has 1 aromatic heterocycles. The summed E-state index contributed by atoms with van der Waals surface area (Å²) >= 11 is 3.41. The molecule has 5 heteroatoms. The number of carboxylic acids is 1. The van der Waals surface area contributed by atoms with Crippen molar-refractivity contribution in [3.05, 3.63) is 40.5 Å². The third kappa shape index (κ3) is 2.50. The van der Waals surface area contributed by atoms with E-state index in [-0.39, 0.29) is 11.6 Å². The van der Waals surface area contributed by atoms with Gasteiger partial charge in [0.25, 0.3) is 0 Å². The fourth-order valence-corrected chi connectivity index (χ4v) is 2.80. The Morgan fingerprint density at radius 3 is 2.85 bits per heavy atom. The molecule has 1 saturated carbocycles. The zero-order chi connectivity index (χ0) is 14.3. The molecule has 1 fully saturated rings. The molecule has 1 unspecified atom stereocenters. The summed E-state index contributed by atoms with van der Waals surface area (Å²) < 4.78 is 2.72. The maximum Gasteiger partial charge on any atom is 0.339 e. The Morgan fingerprint density at radius 2 is 2.25 bits per heavy atom. The van der Waals surface area contributed by atoms with Crippen LogP contribution < -0.4 is 0 Å². The molecule has 0 amide bonds. The molecule has 1 aromatic carbocycles. The Morgan fingerprint density at radius 1 is 1.50 bits per heavy atom. The molecule has 0 bridgehead atoms. The summed E-state index contributed by atoms with van der Waals surface area (Å²) in [6.07, 6.45) is 4.06. The van der Waals surface area contributed by atoms with Crippen LogP contribution in [0.15, 0.2) is 34.9 Å². The van der Waals surface area contributed by atoms with Gasteiger partial charge in [-0.3, -0.25) is 4.68 Å². The van der Waals surface area contributed by atoms with Crippen molar-refractivity contribution in [3.63, 3.8) is 0 Å². The first-order valence-corrected chi connectivity index (χ1v) is 7.44. The van der Waals surface area contributed by atoms with Crippen LogP contribution in [-0.2, 0) is 0 Å². The van der Waals surface area contributed by atoms with Crippen LogP contribution in [0.2, 0.25) is 0 Å². The van der Waals surface area contributed by atoms with Crippen LogP contribution in [-0.4, -0.2) is 20.9 Å². The highest BCUT2D eigenvalue weighted by atomic mass is 79.9. The molecule has 104 valence electrons. The van der Waals surface area contributed by atoms with Crippen molar-refractivity contribution < 1.29 is 9.90 Å². The molecule has 0 radical (unpaired) electrons. The fraction of sp³-hybridized carbons (Fsp3) is 0.333.